The van der Waals surface area contributed by atoms with Crippen molar-refractivity contribution in [3.63, 3.8) is 0 Å². The first-order valence-electron chi connectivity index (χ1n) is 11.6. The van der Waals surface area contributed by atoms with Gasteiger partial charge < -0.3 is 20.5 Å². The highest BCUT2D eigenvalue weighted by Gasteiger charge is 2.34. The second-order valence-corrected chi connectivity index (χ2v) is 8.86. The number of ether oxygens (including phenoxy) is 1. The predicted octanol–water partition coefficient (Wildman–Crippen LogP) is 4.06. The van der Waals surface area contributed by atoms with Crippen LogP contribution in [0.25, 0.3) is 11.1 Å². The van der Waals surface area contributed by atoms with E-state index in [1.807, 2.05) is 55.5 Å². The maximum atomic E-state index is 12.8. The molecular formula is C26H30N2O5. The molecule has 7 heteroatoms. The summed E-state index contributed by atoms with van der Waals surface area (Å²) in [4.78, 5) is 36.7. The zero-order valence-electron chi connectivity index (χ0n) is 18.8. The topological polar surface area (TPSA) is 105 Å². The van der Waals surface area contributed by atoms with E-state index in [1.165, 1.54) is 0 Å². The van der Waals surface area contributed by atoms with Crippen LogP contribution in [0.5, 0.6) is 0 Å². The highest BCUT2D eigenvalue weighted by molar-refractivity contribution is 5.89. The Bertz CT molecular complexity index is 987. The molecule has 4 rings (SSSR count). The van der Waals surface area contributed by atoms with Gasteiger partial charge in [0, 0.05) is 12.0 Å². The van der Waals surface area contributed by atoms with E-state index in [-0.39, 0.29) is 18.6 Å². The molecule has 2 aromatic carbocycles. The SMILES string of the molecule is CCCC(NC(=O)C(CC(=O)O)NC(=O)OCC1c2ccccc2-c2ccccc21)C1CC1. The van der Waals surface area contributed by atoms with Gasteiger partial charge in [-0.1, -0.05) is 61.9 Å². The molecular weight excluding hydrogens is 420 g/mol. The molecule has 0 saturated heterocycles. The van der Waals surface area contributed by atoms with Gasteiger partial charge in [0.1, 0.15) is 12.6 Å². The third-order valence-corrected chi connectivity index (χ3v) is 6.45. The van der Waals surface area contributed by atoms with Crippen LogP contribution in [0, 0.1) is 5.92 Å². The van der Waals surface area contributed by atoms with Gasteiger partial charge >= 0.3 is 12.1 Å². The smallest absolute Gasteiger partial charge is 0.407 e. The molecule has 33 heavy (non-hydrogen) atoms. The van der Waals surface area contributed by atoms with Crippen molar-refractivity contribution in [2.45, 2.75) is 57.0 Å². The van der Waals surface area contributed by atoms with Gasteiger partial charge in [-0.25, -0.2) is 4.79 Å². The summed E-state index contributed by atoms with van der Waals surface area (Å²) in [5.74, 6) is -1.31. The molecule has 0 bridgehead atoms. The fourth-order valence-electron chi connectivity index (χ4n) is 4.68. The number of nitrogens with one attached hydrogen (secondary N) is 2. The average molecular weight is 451 g/mol. The van der Waals surface area contributed by atoms with Gasteiger partial charge in [-0.3, -0.25) is 9.59 Å². The average Bonchev–Trinajstić information content (AvgIpc) is 3.60. The normalized spacial score (nSPS) is 16.3. The summed E-state index contributed by atoms with van der Waals surface area (Å²) in [5, 5.41) is 14.7. The van der Waals surface area contributed by atoms with Crippen molar-refractivity contribution >= 4 is 18.0 Å². The molecule has 0 aliphatic heterocycles. The molecule has 0 aromatic heterocycles. The molecule has 0 heterocycles. The van der Waals surface area contributed by atoms with Crippen molar-refractivity contribution in [3.8, 4) is 11.1 Å². The molecule has 2 unspecified atom stereocenters. The minimum absolute atomic E-state index is 0.0168. The Kier molecular flexibility index (Phi) is 6.96. The summed E-state index contributed by atoms with van der Waals surface area (Å²) >= 11 is 0. The quantitative estimate of drug-likeness (QED) is 0.506. The van der Waals surface area contributed by atoms with Crippen molar-refractivity contribution in [1.29, 1.82) is 0 Å². The lowest BCUT2D eigenvalue weighted by molar-refractivity contribution is -0.140. The van der Waals surface area contributed by atoms with Gasteiger partial charge in [-0.2, -0.15) is 0 Å². The van der Waals surface area contributed by atoms with Crippen LogP contribution in [0.4, 0.5) is 4.79 Å². The molecule has 1 saturated carbocycles. The van der Waals surface area contributed by atoms with Crippen LogP contribution in [-0.4, -0.2) is 41.8 Å². The fraction of sp³-hybridized carbons (Fsp3) is 0.423. The Morgan fingerprint density at radius 3 is 2.15 bits per heavy atom. The maximum absolute atomic E-state index is 12.8. The summed E-state index contributed by atoms with van der Waals surface area (Å²) in [7, 11) is 0. The maximum Gasteiger partial charge on any atom is 0.407 e. The monoisotopic (exact) mass is 450 g/mol. The highest BCUT2D eigenvalue weighted by atomic mass is 16.5. The van der Waals surface area contributed by atoms with E-state index in [2.05, 4.69) is 10.6 Å². The predicted molar refractivity (Wildman–Crippen MR) is 124 cm³/mol. The number of fused-ring (bicyclic) bond motifs is 3. The van der Waals surface area contributed by atoms with Crippen LogP contribution < -0.4 is 10.6 Å². The van der Waals surface area contributed by atoms with Crippen LogP contribution >= 0.6 is 0 Å². The Morgan fingerprint density at radius 1 is 1.00 bits per heavy atom. The van der Waals surface area contributed by atoms with Crippen molar-refractivity contribution in [2.24, 2.45) is 5.92 Å². The Hall–Kier alpha value is -3.35. The van der Waals surface area contributed by atoms with E-state index in [0.29, 0.717) is 5.92 Å². The van der Waals surface area contributed by atoms with Gasteiger partial charge in [0.25, 0.3) is 0 Å². The number of carbonyl (C=O) groups is 3. The molecule has 1 fully saturated rings. The number of carboxylic acid groups (broad SMARTS) is 1. The van der Waals surface area contributed by atoms with E-state index in [9.17, 15) is 19.5 Å². The third kappa shape index (κ3) is 5.35. The van der Waals surface area contributed by atoms with E-state index < -0.39 is 30.4 Å². The van der Waals surface area contributed by atoms with E-state index in [0.717, 1.165) is 47.9 Å². The minimum atomic E-state index is -1.18. The number of hydrogen-bond donors (Lipinski definition) is 3. The van der Waals surface area contributed by atoms with Gasteiger partial charge in [-0.15, -0.1) is 0 Å². The molecule has 7 nitrogen and oxygen atoms in total. The summed E-state index contributed by atoms with van der Waals surface area (Å²) in [6.07, 6.45) is 2.59. The standard InChI is InChI=1S/C26H30N2O5/c1-2-7-22(16-12-13-16)27-25(31)23(14-24(29)30)28-26(32)33-15-21-19-10-5-3-8-17(19)18-9-4-6-11-20(18)21/h3-6,8-11,16,21-23H,2,7,12-15H2,1H3,(H,27,31)(H,28,32)(H,29,30). The molecule has 2 atom stereocenters. The van der Waals surface area contributed by atoms with Crippen LogP contribution in [0.3, 0.4) is 0 Å². The number of carboxylic acids is 1. The molecule has 0 spiro atoms. The van der Waals surface area contributed by atoms with E-state index in [1.54, 1.807) is 0 Å². The highest BCUT2D eigenvalue weighted by Crippen LogP contribution is 2.44. The van der Waals surface area contributed by atoms with E-state index >= 15 is 0 Å². The lowest BCUT2D eigenvalue weighted by Gasteiger charge is -2.22. The second-order valence-electron chi connectivity index (χ2n) is 8.86. The van der Waals surface area contributed by atoms with E-state index in [4.69, 9.17) is 4.74 Å². The van der Waals surface area contributed by atoms with Crippen LogP contribution in [0.15, 0.2) is 48.5 Å². The van der Waals surface area contributed by atoms with Crippen molar-refractivity contribution in [2.75, 3.05) is 6.61 Å². The zero-order chi connectivity index (χ0) is 23.4. The van der Waals surface area contributed by atoms with Gasteiger partial charge in [0.15, 0.2) is 0 Å². The molecule has 2 aromatic rings. The van der Waals surface area contributed by atoms with Crippen molar-refractivity contribution in [3.05, 3.63) is 59.7 Å². The Labute approximate surface area is 193 Å². The van der Waals surface area contributed by atoms with Crippen LogP contribution in [-0.2, 0) is 14.3 Å². The number of amides is 2. The molecule has 2 amide bonds. The second kappa shape index (κ2) is 10.1. The fourth-order valence-corrected chi connectivity index (χ4v) is 4.68. The van der Waals surface area contributed by atoms with Crippen molar-refractivity contribution < 1.29 is 24.2 Å². The number of benzene rings is 2. The summed E-state index contributed by atoms with van der Waals surface area (Å²) in [5.41, 5.74) is 4.40. The molecule has 0 radical (unpaired) electrons. The number of rotatable bonds is 10. The lowest BCUT2D eigenvalue weighted by Crippen LogP contribution is -2.51. The summed E-state index contributed by atoms with van der Waals surface area (Å²) < 4.78 is 5.49. The Balaban J connectivity index is 1.40. The Morgan fingerprint density at radius 2 is 1.61 bits per heavy atom. The van der Waals surface area contributed by atoms with Crippen molar-refractivity contribution in [1.82, 2.24) is 10.6 Å². The first-order valence-corrected chi connectivity index (χ1v) is 11.6. The number of aliphatic carboxylic acids is 1. The van der Waals surface area contributed by atoms with Gasteiger partial charge in [-0.05, 0) is 47.4 Å². The number of hydrogen-bond acceptors (Lipinski definition) is 4. The largest absolute Gasteiger partial charge is 0.481 e. The van der Waals surface area contributed by atoms with Crippen LogP contribution in [0.2, 0.25) is 0 Å². The molecule has 3 N–H and O–H groups in total. The minimum Gasteiger partial charge on any atom is -0.481 e. The number of alkyl carbamates (subject to hydrolysis) is 1. The zero-order valence-corrected chi connectivity index (χ0v) is 18.8. The summed E-state index contributed by atoms with van der Waals surface area (Å²) in [6.45, 7) is 2.15. The summed E-state index contributed by atoms with van der Waals surface area (Å²) in [6, 6.07) is 14.8. The molecule has 2 aliphatic carbocycles. The first kappa shape index (κ1) is 22.8. The van der Waals surface area contributed by atoms with Gasteiger partial charge in [0.05, 0.1) is 6.42 Å². The number of carbonyl (C=O) groups excluding carboxylic acids is 2. The molecule has 2 aliphatic rings. The van der Waals surface area contributed by atoms with Gasteiger partial charge in [0.2, 0.25) is 5.91 Å². The molecule has 174 valence electrons. The van der Waals surface area contributed by atoms with Crippen LogP contribution in [0.1, 0.15) is 56.1 Å². The first-order chi connectivity index (χ1) is 16.0. The lowest BCUT2D eigenvalue weighted by atomic mass is 9.98. The third-order valence-electron chi connectivity index (χ3n) is 6.45.